The van der Waals surface area contributed by atoms with Crippen LogP contribution in [0.4, 0.5) is 0 Å². The number of rotatable bonds is 10. The van der Waals surface area contributed by atoms with E-state index in [1.165, 1.54) is 23.9 Å². The zero-order valence-corrected chi connectivity index (χ0v) is 29.8. The molecule has 2 saturated heterocycles. The first-order valence-corrected chi connectivity index (χ1v) is 17.2. The van der Waals surface area contributed by atoms with Crippen LogP contribution in [-0.4, -0.2) is 89.5 Å². The van der Waals surface area contributed by atoms with Gasteiger partial charge in [0.1, 0.15) is 17.2 Å². The molecule has 4 aromatic rings. The zero-order valence-electron chi connectivity index (χ0n) is 29.8. The summed E-state index contributed by atoms with van der Waals surface area (Å²) < 4.78 is 26.5. The van der Waals surface area contributed by atoms with Crippen molar-refractivity contribution in [1.29, 1.82) is 0 Å². The lowest BCUT2D eigenvalue weighted by Gasteiger charge is -2.37. The Hall–Kier alpha value is -5.14. The first kappa shape index (κ1) is 35.7. The fraction of sp³-hybridized carbons (Fsp3) is 0.421. The molecule has 1 N–H and O–H groups in total. The summed E-state index contributed by atoms with van der Waals surface area (Å²) in [5, 5.41) is 0. The monoisotopic (exact) mass is 699 g/mol. The molecule has 4 heterocycles. The SMILES string of the molecule is COc1ccc(C(=O)N2CCC(OC3CCN(Cc4c(OC)cc(-c5cc(C)c(=O)n(C)c5)cc4OC)CC3)CC2)cc1-n1ccc(=O)[nH]c1=O. The number of carbonyl (C=O) groups excluding carboxylic acids is 1. The van der Waals surface area contributed by atoms with Gasteiger partial charge in [0.25, 0.3) is 17.0 Å². The molecule has 0 unspecified atom stereocenters. The van der Waals surface area contributed by atoms with Gasteiger partial charge in [0, 0.05) is 69.4 Å². The number of carbonyl (C=O) groups is 1. The van der Waals surface area contributed by atoms with Crippen LogP contribution < -0.4 is 31.0 Å². The van der Waals surface area contributed by atoms with E-state index in [0.29, 0.717) is 42.2 Å². The summed E-state index contributed by atoms with van der Waals surface area (Å²) in [6.45, 7) is 5.36. The summed E-state index contributed by atoms with van der Waals surface area (Å²) in [6, 6.07) is 12.1. The van der Waals surface area contributed by atoms with Gasteiger partial charge in [-0.05, 0) is 80.1 Å². The van der Waals surface area contributed by atoms with Crippen molar-refractivity contribution in [3.8, 4) is 34.1 Å². The lowest BCUT2D eigenvalue weighted by molar-refractivity contribution is -0.0629. The van der Waals surface area contributed by atoms with Crippen molar-refractivity contribution in [2.24, 2.45) is 7.05 Å². The van der Waals surface area contributed by atoms with Crippen LogP contribution in [0.2, 0.25) is 0 Å². The van der Waals surface area contributed by atoms with Crippen molar-refractivity contribution in [2.75, 3.05) is 47.5 Å². The van der Waals surface area contributed by atoms with E-state index in [1.54, 1.807) is 44.0 Å². The number of pyridine rings is 1. The Morgan fingerprint density at radius 2 is 1.43 bits per heavy atom. The second-order valence-electron chi connectivity index (χ2n) is 13.2. The largest absolute Gasteiger partial charge is 0.496 e. The molecule has 0 radical (unpaired) electrons. The third kappa shape index (κ3) is 7.79. The van der Waals surface area contributed by atoms with Gasteiger partial charge in [0.2, 0.25) is 0 Å². The average molecular weight is 700 g/mol. The standard InChI is InChI=1S/C38H45N5O8/c1-24-18-27(22-40(2)36(24)45)26-20-33(49-4)30(34(21-26)50-5)23-41-13-8-28(9-14-41)51-29-10-15-42(16-11-29)37(46)25-6-7-32(48-3)31(19-25)43-17-12-35(44)39-38(43)47/h6-7,12,17-22,28-29H,8-11,13-16,23H2,1-5H3,(H,39,44,47). The maximum atomic E-state index is 13.5. The smallest absolute Gasteiger partial charge is 0.333 e. The van der Waals surface area contributed by atoms with Crippen LogP contribution in [0.3, 0.4) is 0 Å². The maximum absolute atomic E-state index is 13.5. The van der Waals surface area contributed by atoms with E-state index in [1.807, 2.05) is 36.2 Å². The third-order valence-corrected chi connectivity index (χ3v) is 9.84. The second kappa shape index (κ2) is 15.4. The summed E-state index contributed by atoms with van der Waals surface area (Å²) in [7, 11) is 6.57. The van der Waals surface area contributed by atoms with Gasteiger partial charge in [-0.3, -0.25) is 28.8 Å². The fourth-order valence-corrected chi connectivity index (χ4v) is 7.04. The third-order valence-electron chi connectivity index (χ3n) is 9.84. The van der Waals surface area contributed by atoms with Crippen LogP contribution in [0.5, 0.6) is 17.2 Å². The van der Waals surface area contributed by atoms with Gasteiger partial charge in [0.15, 0.2) is 0 Å². The number of amides is 1. The number of hydrogen-bond acceptors (Lipinski definition) is 9. The average Bonchev–Trinajstić information content (AvgIpc) is 3.14. The maximum Gasteiger partial charge on any atom is 0.333 e. The van der Waals surface area contributed by atoms with Crippen LogP contribution in [0.25, 0.3) is 16.8 Å². The molecule has 0 spiro atoms. The van der Waals surface area contributed by atoms with Gasteiger partial charge in [-0.1, -0.05) is 0 Å². The highest BCUT2D eigenvalue weighted by Gasteiger charge is 2.29. The van der Waals surface area contributed by atoms with Crippen LogP contribution in [0.1, 0.15) is 47.2 Å². The van der Waals surface area contributed by atoms with Crippen LogP contribution in [0, 0.1) is 6.92 Å². The van der Waals surface area contributed by atoms with E-state index >= 15 is 0 Å². The number of hydrogen-bond donors (Lipinski definition) is 1. The van der Waals surface area contributed by atoms with E-state index in [0.717, 1.165) is 67.0 Å². The molecular weight excluding hydrogens is 654 g/mol. The van der Waals surface area contributed by atoms with Crippen molar-refractivity contribution < 1.29 is 23.7 Å². The lowest BCUT2D eigenvalue weighted by atomic mass is 10.0. The molecule has 2 fully saturated rings. The Balaban J connectivity index is 1.03. The predicted molar refractivity (Wildman–Crippen MR) is 192 cm³/mol. The number of ether oxygens (including phenoxy) is 4. The Morgan fingerprint density at radius 3 is 2.02 bits per heavy atom. The van der Waals surface area contributed by atoms with Gasteiger partial charge in [-0.2, -0.15) is 0 Å². The highest BCUT2D eigenvalue weighted by molar-refractivity contribution is 5.95. The summed E-state index contributed by atoms with van der Waals surface area (Å²) in [5.74, 6) is 1.76. The molecule has 2 aliphatic rings. The molecule has 270 valence electrons. The van der Waals surface area contributed by atoms with Crippen molar-refractivity contribution in [2.45, 2.75) is 51.4 Å². The normalized spacial score (nSPS) is 15.9. The summed E-state index contributed by atoms with van der Waals surface area (Å²) in [6.07, 6.45) is 6.70. The Labute approximate surface area is 295 Å². The molecule has 13 heteroatoms. The second-order valence-corrected chi connectivity index (χ2v) is 13.2. The van der Waals surface area contributed by atoms with E-state index in [2.05, 4.69) is 9.88 Å². The first-order chi connectivity index (χ1) is 24.6. The van der Waals surface area contributed by atoms with Gasteiger partial charge >= 0.3 is 5.69 Å². The van der Waals surface area contributed by atoms with Gasteiger partial charge in [-0.25, -0.2) is 4.79 Å². The quantitative estimate of drug-likeness (QED) is 0.264. The van der Waals surface area contributed by atoms with E-state index in [4.69, 9.17) is 18.9 Å². The Bertz CT molecular complexity index is 2020. The number of aromatic nitrogens is 3. The minimum absolute atomic E-state index is 0.0210. The number of H-pyrrole nitrogens is 1. The molecule has 2 aromatic carbocycles. The fourth-order valence-electron chi connectivity index (χ4n) is 7.04. The number of nitrogens with zero attached hydrogens (tertiary/aromatic N) is 4. The molecule has 13 nitrogen and oxygen atoms in total. The van der Waals surface area contributed by atoms with Crippen molar-refractivity contribution in [3.05, 3.63) is 103 Å². The number of aromatic amines is 1. The number of piperidine rings is 2. The Kier molecular flexibility index (Phi) is 10.8. The van der Waals surface area contributed by atoms with E-state index in [-0.39, 0.29) is 23.7 Å². The topological polar surface area (TPSA) is 137 Å². The predicted octanol–water partition coefficient (Wildman–Crippen LogP) is 3.51. The number of nitrogens with one attached hydrogen (secondary N) is 1. The number of aryl methyl sites for hydroxylation is 2. The Morgan fingerprint density at radius 1 is 0.804 bits per heavy atom. The lowest BCUT2D eigenvalue weighted by Crippen LogP contribution is -2.43. The van der Waals surface area contributed by atoms with Gasteiger partial charge in [-0.15, -0.1) is 0 Å². The van der Waals surface area contributed by atoms with Crippen molar-refractivity contribution >= 4 is 5.91 Å². The molecule has 2 aliphatic heterocycles. The minimum atomic E-state index is -0.614. The van der Waals surface area contributed by atoms with Crippen LogP contribution in [0.15, 0.2) is 69.2 Å². The summed E-state index contributed by atoms with van der Waals surface area (Å²) in [4.78, 5) is 56.2. The van der Waals surface area contributed by atoms with Crippen LogP contribution >= 0.6 is 0 Å². The van der Waals surface area contributed by atoms with Gasteiger partial charge < -0.3 is 28.4 Å². The molecule has 1 amide bonds. The summed E-state index contributed by atoms with van der Waals surface area (Å²) >= 11 is 0. The highest BCUT2D eigenvalue weighted by atomic mass is 16.5. The summed E-state index contributed by atoms with van der Waals surface area (Å²) in [5.41, 5.74) is 3.16. The van der Waals surface area contributed by atoms with Gasteiger partial charge in [0.05, 0.1) is 44.8 Å². The first-order valence-electron chi connectivity index (χ1n) is 17.2. The molecule has 0 aliphatic carbocycles. The van der Waals surface area contributed by atoms with E-state index in [9.17, 15) is 19.2 Å². The molecule has 0 atom stereocenters. The zero-order chi connectivity index (χ0) is 36.2. The van der Waals surface area contributed by atoms with Crippen molar-refractivity contribution in [1.82, 2.24) is 23.9 Å². The molecular formula is C38H45N5O8. The number of likely N-dealkylation sites (tertiary alicyclic amines) is 2. The number of methoxy groups -OCH3 is 3. The minimum Gasteiger partial charge on any atom is -0.496 e. The van der Waals surface area contributed by atoms with Crippen molar-refractivity contribution in [3.63, 3.8) is 0 Å². The highest BCUT2D eigenvalue weighted by Crippen LogP contribution is 2.37. The molecule has 2 aromatic heterocycles. The molecule has 0 bridgehead atoms. The molecule has 0 saturated carbocycles. The molecule has 51 heavy (non-hydrogen) atoms. The molecule has 6 rings (SSSR count). The van der Waals surface area contributed by atoms with Crippen LogP contribution in [-0.2, 0) is 18.3 Å². The number of benzene rings is 2. The van der Waals surface area contributed by atoms with E-state index < -0.39 is 11.2 Å².